The number of ketones is 1. The third kappa shape index (κ3) is 6.31. The molecule has 2 rings (SSSR count). The Morgan fingerprint density at radius 1 is 0.826 bits per heavy atom. The molecule has 0 spiro atoms. The van der Waals surface area contributed by atoms with Crippen molar-refractivity contribution in [3.63, 3.8) is 0 Å². The minimum Gasteiger partial charge on any atom is -0.294 e. The molecule has 0 fully saturated rings. The molecule has 0 N–H and O–H groups in total. The molecule has 0 atom stereocenters. The van der Waals surface area contributed by atoms with Crippen LogP contribution in [-0.2, 0) is 12.8 Å². The van der Waals surface area contributed by atoms with Crippen LogP contribution in [-0.4, -0.2) is 5.78 Å². The first-order chi connectivity index (χ1) is 11.2. The van der Waals surface area contributed by atoms with Crippen molar-refractivity contribution >= 4 is 21.7 Å². The van der Waals surface area contributed by atoms with Gasteiger partial charge in [-0.05, 0) is 36.1 Å². The van der Waals surface area contributed by atoms with Crippen molar-refractivity contribution in [2.45, 2.75) is 51.9 Å². The Kier molecular flexibility index (Phi) is 7.54. The third-order valence-electron chi connectivity index (χ3n) is 4.12. The summed E-state index contributed by atoms with van der Waals surface area (Å²) in [6.07, 6.45) is 8.08. The van der Waals surface area contributed by atoms with Gasteiger partial charge in [0.05, 0.1) is 0 Å². The van der Waals surface area contributed by atoms with E-state index in [-0.39, 0.29) is 5.78 Å². The second-order valence-corrected chi connectivity index (χ2v) is 7.00. The lowest BCUT2D eigenvalue weighted by Crippen LogP contribution is -2.03. The van der Waals surface area contributed by atoms with Crippen molar-refractivity contribution in [1.82, 2.24) is 0 Å². The van der Waals surface area contributed by atoms with Gasteiger partial charge in [0.15, 0.2) is 5.78 Å². The highest BCUT2D eigenvalue weighted by molar-refractivity contribution is 9.10. The van der Waals surface area contributed by atoms with Gasteiger partial charge in [0, 0.05) is 16.5 Å². The first kappa shape index (κ1) is 17.9. The molecular weight excluding hydrogens is 348 g/mol. The molecule has 0 heterocycles. The molecule has 0 amide bonds. The van der Waals surface area contributed by atoms with Crippen molar-refractivity contribution in [1.29, 1.82) is 0 Å². The summed E-state index contributed by atoms with van der Waals surface area (Å²) < 4.78 is 1.04. The van der Waals surface area contributed by atoms with Gasteiger partial charge in [-0.2, -0.15) is 0 Å². The van der Waals surface area contributed by atoms with Gasteiger partial charge < -0.3 is 0 Å². The molecule has 0 aliphatic heterocycles. The van der Waals surface area contributed by atoms with E-state index in [1.54, 1.807) is 0 Å². The molecule has 0 unspecified atom stereocenters. The first-order valence-corrected chi connectivity index (χ1v) is 9.35. The molecule has 0 bridgehead atoms. The minimum absolute atomic E-state index is 0.182. The lowest BCUT2D eigenvalue weighted by molar-refractivity contribution is 0.0993. The third-order valence-corrected chi connectivity index (χ3v) is 4.65. The molecule has 122 valence electrons. The summed E-state index contributed by atoms with van der Waals surface area (Å²) in [6, 6.07) is 16.1. The highest BCUT2D eigenvalue weighted by Gasteiger charge is 2.07. The van der Waals surface area contributed by atoms with Gasteiger partial charge in [-0.15, -0.1) is 0 Å². The fourth-order valence-corrected chi connectivity index (χ4v) is 2.94. The predicted octanol–water partition coefficient (Wildman–Crippen LogP) is 6.39. The summed E-state index contributed by atoms with van der Waals surface area (Å²) in [4.78, 5) is 12.3. The van der Waals surface area contributed by atoms with Crippen LogP contribution in [0.1, 0.15) is 60.5 Å². The highest BCUT2D eigenvalue weighted by Crippen LogP contribution is 2.14. The number of Topliss-reactive ketones (excluding diaryl/α,β-unsaturated/α-hetero) is 1. The average molecular weight is 373 g/mol. The number of hydrogen-bond acceptors (Lipinski definition) is 1. The van der Waals surface area contributed by atoms with E-state index in [0.29, 0.717) is 6.42 Å². The fraction of sp³-hybridized carbons (Fsp3) is 0.381. The smallest absolute Gasteiger partial charge is 0.167 e. The van der Waals surface area contributed by atoms with Gasteiger partial charge in [-0.25, -0.2) is 0 Å². The summed E-state index contributed by atoms with van der Waals surface area (Å²) >= 11 is 3.41. The second kappa shape index (κ2) is 9.67. The standard InChI is InChI=1S/C21H25BrO/c1-2-3-4-5-6-7-17-8-12-19(13-9-17)21(23)16-18-10-14-20(22)15-11-18/h8-15H,2-7,16H2,1H3. The van der Waals surface area contributed by atoms with E-state index in [4.69, 9.17) is 0 Å². The van der Waals surface area contributed by atoms with Crippen LogP contribution in [0, 0.1) is 0 Å². The fourth-order valence-electron chi connectivity index (χ4n) is 2.68. The van der Waals surface area contributed by atoms with Crippen LogP contribution in [0.3, 0.4) is 0 Å². The SMILES string of the molecule is CCCCCCCc1ccc(C(=O)Cc2ccc(Br)cc2)cc1. The second-order valence-electron chi connectivity index (χ2n) is 6.09. The maximum Gasteiger partial charge on any atom is 0.167 e. The van der Waals surface area contributed by atoms with E-state index in [0.717, 1.165) is 22.0 Å². The lowest BCUT2D eigenvalue weighted by atomic mass is 10.00. The van der Waals surface area contributed by atoms with Crippen molar-refractivity contribution in [3.05, 3.63) is 69.7 Å². The van der Waals surface area contributed by atoms with Crippen LogP contribution >= 0.6 is 15.9 Å². The lowest BCUT2D eigenvalue weighted by Gasteiger charge is -2.05. The van der Waals surface area contributed by atoms with Crippen LogP contribution in [0.25, 0.3) is 0 Å². The molecule has 0 radical (unpaired) electrons. The number of hydrogen-bond donors (Lipinski definition) is 0. The van der Waals surface area contributed by atoms with E-state index in [1.807, 2.05) is 36.4 Å². The van der Waals surface area contributed by atoms with E-state index < -0.39 is 0 Å². The van der Waals surface area contributed by atoms with Crippen LogP contribution in [0.4, 0.5) is 0 Å². The van der Waals surface area contributed by atoms with E-state index in [2.05, 4.69) is 35.0 Å². The number of benzene rings is 2. The van der Waals surface area contributed by atoms with Gasteiger partial charge in [-0.3, -0.25) is 4.79 Å². The van der Waals surface area contributed by atoms with Crippen LogP contribution in [0.15, 0.2) is 53.0 Å². The topological polar surface area (TPSA) is 17.1 Å². The zero-order valence-corrected chi connectivity index (χ0v) is 15.4. The Hall–Kier alpha value is -1.41. The Bertz CT molecular complexity index is 599. The van der Waals surface area contributed by atoms with Crippen molar-refractivity contribution in [2.24, 2.45) is 0 Å². The minimum atomic E-state index is 0.182. The van der Waals surface area contributed by atoms with Crippen LogP contribution in [0.5, 0.6) is 0 Å². The van der Waals surface area contributed by atoms with E-state index in [1.165, 1.54) is 37.7 Å². The molecule has 0 saturated carbocycles. The Morgan fingerprint density at radius 3 is 2.09 bits per heavy atom. The molecule has 2 aromatic rings. The molecule has 23 heavy (non-hydrogen) atoms. The van der Waals surface area contributed by atoms with Gasteiger partial charge in [0.1, 0.15) is 0 Å². The summed E-state index contributed by atoms with van der Waals surface area (Å²) in [5.74, 6) is 0.182. The number of unbranched alkanes of at least 4 members (excludes halogenated alkanes) is 4. The van der Waals surface area contributed by atoms with Crippen molar-refractivity contribution in [3.8, 4) is 0 Å². The summed E-state index contributed by atoms with van der Waals surface area (Å²) in [5.41, 5.74) is 3.20. The molecule has 0 aliphatic carbocycles. The molecular formula is C21H25BrO. The Morgan fingerprint density at radius 2 is 1.43 bits per heavy atom. The van der Waals surface area contributed by atoms with Crippen molar-refractivity contribution in [2.75, 3.05) is 0 Å². The molecule has 2 aromatic carbocycles. The average Bonchev–Trinajstić information content (AvgIpc) is 2.57. The zero-order valence-electron chi connectivity index (χ0n) is 13.9. The number of halogens is 1. The van der Waals surface area contributed by atoms with Gasteiger partial charge in [0.2, 0.25) is 0 Å². The Balaban J connectivity index is 1.83. The van der Waals surface area contributed by atoms with Crippen LogP contribution < -0.4 is 0 Å². The zero-order chi connectivity index (χ0) is 16.5. The number of rotatable bonds is 9. The molecule has 0 aromatic heterocycles. The predicted molar refractivity (Wildman–Crippen MR) is 101 cm³/mol. The maximum absolute atomic E-state index is 12.3. The monoisotopic (exact) mass is 372 g/mol. The largest absolute Gasteiger partial charge is 0.294 e. The van der Waals surface area contributed by atoms with Gasteiger partial charge in [0.25, 0.3) is 0 Å². The number of carbonyl (C=O) groups excluding carboxylic acids is 1. The molecule has 1 nitrogen and oxygen atoms in total. The normalized spacial score (nSPS) is 10.7. The Labute approximate surface area is 148 Å². The quantitative estimate of drug-likeness (QED) is 0.368. The highest BCUT2D eigenvalue weighted by atomic mass is 79.9. The first-order valence-electron chi connectivity index (χ1n) is 8.55. The molecule has 2 heteroatoms. The van der Waals surface area contributed by atoms with E-state index >= 15 is 0 Å². The molecule has 0 aliphatic rings. The van der Waals surface area contributed by atoms with Crippen LogP contribution in [0.2, 0.25) is 0 Å². The number of aryl methyl sites for hydroxylation is 1. The van der Waals surface area contributed by atoms with Gasteiger partial charge >= 0.3 is 0 Å². The summed E-state index contributed by atoms with van der Waals surface area (Å²) in [7, 11) is 0. The van der Waals surface area contributed by atoms with E-state index in [9.17, 15) is 4.79 Å². The van der Waals surface area contributed by atoms with Crippen molar-refractivity contribution < 1.29 is 4.79 Å². The summed E-state index contributed by atoms with van der Waals surface area (Å²) in [6.45, 7) is 2.24. The van der Waals surface area contributed by atoms with Gasteiger partial charge in [-0.1, -0.05) is 84.9 Å². The molecule has 0 saturated heterocycles. The number of carbonyl (C=O) groups is 1. The maximum atomic E-state index is 12.3. The summed E-state index contributed by atoms with van der Waals surface area (Å²) in [5, 5.41) is 0.